The molecular formula is C37H31NO4S. The van der Waals surface area contributed by atoms with E-state index in [2.05, 4.69) is 29.6 Å². The third-order valence-corrected chi connectivity index (χ3v) is 9.62. The second-order valence-electron chi connectivity index (χ2n) is 10.4. The number of ether oxygens (including phenoxy) is 1. The Morgan fingerprint density at radius 2 is 1.09 bits per heavy atom. The summed E-state index contributed by atoms with van der Waals surface area (Å²) in [5.74, 6) is -1.10. The second-order valence-corrected chi connectivity index (χ2v) is 11.8. The zero-order valence-corrected chi connectivity index (χ0v) is 24.2. The van der Waals surface area contributed by atoms with E-state index in [1.54, 1.807) is 0 Å². The SMILES string of the molecule is O=C(NCC(SC(c1ccccc1)(c1ccccc1)c1ccccc1)C(=O)O)OCC1c2ccccc2-c2ccccc21. The molecule has 1 amide bonds. The number of alkyl carbamates (subject to hydrolysis) is 1. The number of carboxylic acids is 1. The number of hydrogen-bond acceptors (Lipinski definition) is 4. The van der Waals surface area contributed by atoms with Crippen LogP contribution < -0.4 is 5.32 Å². The molecule has 0 saturated heterocycles. The van der Waals surface area contributed by atoms with Gasteiger partial charge in [0.2, 0.25) is 0 Å². The summed E-state index contributed by atoms with van der Waals surface area (Å²) < 4.78 is 4.86. The van der Waals surface area contributed by atoms with Crippen molar-refractivity contribution >= 4 is 23.8 Å². The number of carboxylic acid groups (broad SMARTS) is 1. The molecule has 1 aliphatic carbocycles. The molecule has 1 aliphatic rings. The van der Waals surface area contributed by atoms with E-state index in [9.17, 15) is 14.7 Å². The van der Waals surface area contributed by atoms with Crippen LogP contribution >= 0.6 is 11.8 Å². The highest BCUT2D eigenvalue weighted by Crippen LogP contribution is 2.50. The van der Waals surface area contributed by atoms with Crippen LogP contribution in [0.1, 0.15) is 33.7 Å². The molecule has 0 heterocycles. The molecule has 0 aromatic heterocycles. The van der Waals surface area contributed by atoms with Gasteiger partial charge in [0.15, 0.2) is 0 Å². The first-order valence-electron chi connectivity index (χ1n) is 14.2. The van der Waals surface area contributed by atoms with Crippen LogP contribution in [-0.2, 0) is 14.3 Å². The van der Waals surface area contributed by atoms with E-state index < -0.39 is 22.1 Å². The summed E-state index contributed by atoms with van der Waals surface area (Å²) in [6.45, 7) is 0.0532. The number of thioether (sulfide) groups is 1. The Labute approximate surface area is 255 Å². The molecule has 2 N–H and O–H groups in total. The fraction of sp³-hybridized carbons (Fsp3) is 0.135. The highest BCUT2D eigenvalue weighted by atomic mass is 32.2. The minimum atomic E-state index is -1.02. The van der Waals surface area contributed by atoms with E-state index in [0.717, 1.165) is 38.9 Å². The van der Waals surface area contributed by atoms with Crippen molar-refractivity contribution in [1.82, 2.24) is 5.32 Å². The lowest BCUT2D eigenvalue weighted by Crippen LogP contribution is -2.39. The first-order chi connectivity index (χ1) is 21.1. The van der Waals surface area contributed by atoms with Gasteiger partial charge in [0, 0.05) is 12.5 Å². The van der Waals surface area contributed by atoms with E-state index in [-0.39, 0.29) is 19.1 Å². The minimum Gasteiger partial charge on any atom is -0.480 e. The molecule has 6 rings (SSSR count). The summed E-state index contributed by atoms with van der Waals surface area (Å²) in [4.78, 5) is 25.7. The number of carbonyl (C=O) groups excluding carboxylic acids is 1. The van der Waals surface area contributed by atoms with E-state index in [1.165, 1.54) is 11.8 Å². The highest BCUT2D eigenvalue weighted by molar-refractivity contribution is 8.02. The third kappa shape index (κ3) is 5.66. The highest BCUT2D eigenvalue weighted by Gasteiger charge is 2.41. The van der Waals surface area contributed by atoms with Gasteiger partial charge in [-0.25, -0.2) is 4.79 Å². The summed E-state index contributed by atoms with van der Waals surface area (Å²) >= 11 is 1.30. The lowest BCUT2D eigenvalue weighted by molar-refractivity contribution is -0.136. The van der Waals surface area contributed by atoms with Gasteiger partial charge in [-0.2, -0.15) is 0 Å². The second kappa shape index (κ2) is 12.6. The minimum absolute atomic E-state index is 0.0790. The number of rotatable bonds is 10. The fourth-order valence-electron chi connectivity index (χ4n) is 5.94. The molecule has 0 aliphatic heterocycles. The van der Waals surface area contributed by atoms with Crippen LogP contribution in [0, 0.1) is 0 Å². The lowest BCUT2D eigenvalue weighted by Gasteiger charge is -2.37. The largest absolute Gasteiger partial charge is 0.480 e. The standard InChI is InChI=1S/C37H31NO4S/c39-35(40)34(24-38-36(41)42-25-33-31-22-12-10-20-29(31)30-21-11-13-23-32(30)33)43-37(26-14-4-1-5-15-26,27-16-6-2-7-17-27)28-18-8-3-9-19-28/h1-23,33-34H,24-25H2,(H,38,41)(H,39,40). The predicted molar refractivity (Wildman–Crippen MR) is 171 cm³/mol. The van der Waals surface area contributed by atoms with Crippen molar-refractivity contribution in [3.63, 3.8) is 0 Å². The van der Waals surface area contributed by atoms with E-state index >= 15 is 0 Å². The van der Waals surface area contributed by atoms with Crippen molar-refractivity contribution < 1.29 is 19.4 Å². The molecule has 0 saturated carbocycles. The van der Waals surface area contributed by atoms with Crippen LogP contribution in [0.5, 0.6) is 0 Å². The van der Waals surface area contributed by atoms with Crippen molar-refractivity contribution in [3.05, 3.63) is 167 Å². The number of benzene rings is 5. The Bertz CT molecular complexity index is 1570. The number of carbonyl (C=O) groups is 2. The summed E-state index contributed by atoms with van der Waals surface area (Å²) in [5.41, 5.74) is 7.38. The monoisotopic (exact) mass is 585 g/mol. The Kier molecular flexibility index (Phi) is 8.29. The van der Waals surface area contributed by atoms with Crippen molar-refractivity contribution in [2.24, 2.45) is 0 Å². The van der Waals surface area contributed by atoms with Crippen molar-refractivity contribution in [2.75, 3.05) is 13.2 Å². The fourth-order valence-corrected chi connectivity index (χ4v) is 7.45. The number of aliphatic carboxylic acids is 1. The first kappa shape index (κ1) is 28.3. The summed E-state index contributed by atoms with van der Waals surface area (Å²) in [7, 11) is 0. The third-order valence-electron chi connectivity index (χ3n) is 7.91. The Morgan fingerprint density at radius 3 is 1.53 bits per heavy atom. The zero-order chi connectivity index (χ0) is 29.6. The van der Waals surface area contributed by atoms with E-state index in [4.69, 9.17) is 4.74 Å². The van der Waals surface area contributed by atoms with Gasteiger partial charge in [0.05, 0.1) is 4.75 Å². The normalized spacial score (nSPS) is 13.0. The van der Waals surface area contributed by atoms with Gasteiger partial charge >= 0.3 is 12.1 Å². The van der Waals surface area contributed by atoms with Gasteiger partial charge in [0.25, 0.3) is 0 Å². The summed E-state index contributed by atoms with van der Waals surface area (Å²) in [6, 6.07) is 46.0. The number of fused-ring (bicyclic) bond motifs is 3. The number of amides is 1. The summed E-state index contributed by atoms with van der Waals surface area (Å²) in [6.07, 6.45) is -0.640. The maximum atomic E-state index is 13.0. The number of hydrogen-bond donors (Lipinski definition) is 2. The molecule has 0 spiro atoms. The van der Waals surface area contributed by atoms with Gasteiger partial charge in [-0.15, -0.1) is 11.8 Å². The number of nitrogens with one attached hydrogen (secondary N) is 1. The zero-order valence-electron chi connectivity index (χ0n) is 23.4. The molecule has 0 bridgehead atoms. The molecule has 5 nitrogen and oxygen atoms in total. The smallest absolute Gasteiger partial charge is 0.407 e. The van der Waals surface area contributed by atoms with Crippen LogP contribution in [-0.4, -0.2) is 35.6 Å². The molecule has 0 radical (unpaired) electrons. The van der Waals surface area contributed by atoms with Crippen LogP contribution in [0.15, 0.2) is 140 Å². The van der Waals surface area contributed by atoms with Gasteiger partial charge in [-0.1, -0.05) is 140 Å². The van der Waals surface area contributed by atoms with Gasteiger partial charge < -0.3 is 15.2 Å². The molecule has 5 aromatic rings. The molecule has 1 unspecified atom stereocenters. The van der Waals surface area contributed by atoms with Crippen molar-refractivity contribution in [3.8, 4) is 11.1 Å². The average molecular weight is 586 g/mol. The van der Waals surface area contributed by atoms with Gasteiger partial charge in [0.1, 0.15) is 11.9 Å². The molecule has 5 aromatic carbocycles. The average Bonchev–Trinajstić information content (AvgIpc) is 3.38. The van der Waals surface area contributed by atoms with Crippen molar-refractivity contribution in [1.29, 1.82) is 0 Å². The molecule has 43 heavy (non-hydrogen) atoms. The molecular weight excluding hydrogens is 554 g/mol. The van der Waals surface area contributed by atoms with Crippen molar-refractivity contribution in [2.45, 2.75) is 15.9 Å². The lowest BCUT2D eigenvalue weighted by atomic mass is 9.84. The van der Waals surface area contributed by atoms with Crippen LogP contribution in [0.2, 0.25) is 0 Å². The Balaban J connectivity index is 1.23. The quantitative estimate of drug-likeness (QED) is 0.164. The molecule has 1 atom stereocenters. The molecule has 0 fully saturated rings. The maximum Gasteiger partial charge on any atom is 0.407 e. The van der Waals surface area contributed by atoms with E-state index in [0.29, 0.717) is 0 Å². The molecule has 6 heteroatoms. The molecule has 214 valence electrons. The Hall–Kier alpha value is -4.81. The summed E-state index contributed by atoms with van der Waals surface area (Å²) in [5, 5.41) is 12.2. The van der Waals surface area contributed by atoms with Crippen LogP contribution in [0.25, 0.3) is 11.1 Å². The maximum absolute atomic E-state index is 13.0. The predicted octanol–water partition coefficient (Wildman–Crippen LogP) is 7.70. The first-order valence-corrected chi connectivity index (χ1v) is 15.1. The van der Waals surface area contributed by atoms with Gasteiger partial charge in [-0.05, 0) is 38.9 Å². The topological polar surface area (TPSA) is 75.6 Å². The van der Waals surface area contributed by atoms with Crippen LogP contribution in [0.3, 0.4) is 0 Å². The van der Waals surface area contributed by atoms with Gasteiger partial charge in [-0.3, -0.25) is 4.79 Å². The van der Waals surface area contributed by atoms with Crippen LogP contribution in [0.4, 0.5) is 4.79 Å². The Morgan fingerprint density at radius 1 is 0.674 bits per heavy atom. The van der Waals surface area contributed by atoms with E-state index in [1.807, 2.05) is 115 Å².